The predicted octanol–water partition coefficient (Wildman–Crippen LogP) is 16.3. The van der Waals surface area contributed by atoms with Gasteiger partial charge in [0.25, 0.3) is 0 Å². The van der Waals surface area contributed by atoms with E-state index in [1.165, 1.54) is 88.0 Å². The van der Waals surface area contributed by atoms with Gasteiger partial charge in [-0.2, -0.15) is 0 Å². The van der Waals surface area contributed by atoms with E-state index in [4.69, 9.17) is 0 Å². The van der Waals surface area contributed by atoms with Gasteiger partial charge < -0.3 is 4.90 Å². The third-order valence-corrected chi connectivity index (χ3v) is 13.1. The van der Waals surface area contributed by atoms with Crippen LogP contribution in [0.25, 0.3) is 65.7 Å². The number of nitrogens with zero attached hydrogens (tertiary/aromatic N) is 1. The molecule has 1 nitrogen and oxygen atoms in total. The second kappa shape index (κ2) is 14.6. The molecule has 0 saturated heterocycles. The molecule has 1 heteroatoms. The van der Waals surface area contributed by atoms with Crippen molar-refractivity contribution >= 4 is 49.4 Å². The summed E-state index contributed by atoms with van der Waals surface area (Å²) in [5.41, 5.74) is 15.5. The van der Waals surface area contributed by atoms with Crippen LogP contribution in [0.5, 0.6) is 0 Å². The van der Waals surface area contributed by atoms with E-state index < -0.39 is 5.41 Å². The maximum atomic E-state index is 2.43. The molecule has 11 aromatic carbocycles. The Morgan fingerprint density at radius 3 is 1.63 bits per heavy atom. The molecule has 0 spiro atoms. The third kappa shape index (κ3) is 5.56. The summed E-state index contributed by atoms with van der Waals surface area (Å²) in [6.45, 7) is 0. The lowest BCUT2D eigenvalue weighted by Crippen LogP contribution is -2.28. The predicted molar refractivity (Wildman–Crippen MR) is 262 cm³/mol. The summed E-state index contributed by atoms with van der Waals surface area (Å²) in [5.74, 6) is 0. The van der Waals surface area contributed by atoms with Crippen molar-refractivity contribution in [3.05, 3.63) is 271 Å². The first kappa shape index (κ1) is 35.9. The van der Waals surface area contributed by atoms with Crippen molar-refractivity contribution in [2.45, 2.75) is 5.41 Å². The molecule has 12 rings (SSSR count). The highest BCUT2D eigenvalue weighted by Crippen LogP contribution is 2.58. The summed E-state index contributed by atoms with van der Waals surface area (Å²) in [4.78, 5) is 2.43. The van der Waals surface area contributed by atoms with Gasteiger partial charge in [0.2, 0.25) is 0 Å². The Balaban J connectivity index is 1.03. The molecule has 0 bridgehead atoms. The average molecular weight is 788 g/mol. The molecule has 0 fully saturated rings. The van der Waals surface area contributed by atoms with Gasteiger partial charge in [-0.15, -0.1) is 0 Å². The van der Waals surface area contributed by atoms with Gasteiger partial charge in [0.15, 0.2) is 0 Å². The first-order valence-electron chi connectivity index (χ1n) is 21.5. The minimum absolute atomic E-state index is 0.447. The summed E-state index contributed by atoms with van der Waals surface area (Å²) < 4.78 is 0. The molecule has 0 amide bonds. The van der Waals surface area contributed by atoms with Gasteiger partial charge in [0.05, 0.1) is 11.1 Å². The third-order valence-electron chi connectivity index (χ3n) is 13.1. The lowest BCUT2D eigenvalue weighted by molar-refractivity contribution is 0.768. The van der Waals surface area contributed by atoms with Crippen LogP contribution in [0.15, 0.2) is 249 Å². The van der Waals surface area contributed by atoms with Crippen LogP contribution in [0.3, 0.4) is 0 Å². The van der Waals surface area contributed by atoms with Crippen molar-refractivity contribution in [1.29, 1.82) is 0 Å². The molecule has 0 N–H and O–H groups in total. The Labute approximate surface area is 362 Å². The number of fused-ring (bicyclic) bond motifs is 7. The van der Waals surface area contributed by atoms with Crippen molar-refractivity contribution in [3.63, 3.8) is 0 Å². The Morgan fingerprint density at radius 1 is 0.290 bits per heavy atom. The van der Waals surface area contributed by atoms with E-state index in [-0.39, 0.29) is 0 Å². The molecule has 1 aliphatic rings. The lowest BCUT2D eigenvalue weighted by atomic mass is 9.67. The van der Waals surface area contributed by atoms with Crippen LogP contribution in [0, 0.1) is 0 Å². The monoisotopic (exact) mass is 787 g/mol. The molecule has 0 aromatic heterocycles. The lowest BCUT2D eigenvalue weighted by Gasteiger charge is -2.34. The molecule has 11 aromatic rings. The van der Waals surface area contributed by atoms with Crippen molar-refractivity contribution in [1.82, 2.24) is 0 Å². The Morgan fingerprint density at radius 2 is 0.855 bits per heavy atom. The van der Waals surface area contributed by atoms with Gasteiger partial charge in [-0.3, -0.25) is 0 Å². The molecule has 0 aliphatic heterocycles. The van der Waals surface area contributed by atoms with Crippen LogP contribution < -0.4 is 4.90 Å². The van der Waals surface area contributed by atoms with E-state index >= 15 is 0 Å². The number of hydrogen-bond acceptors (Lipinski definition) is 1. The second-order valence-corrected chi connectivity index (χ2v) is 16.4. The number of rotatable bonds is 7. The number of hydrogen-bond donors (Lipinski definition) is 0. The molecule has 1 aliphatic carbocycles. The van der Waals surface area contributed by atoms with Gasteiger partial charge >= 0.3 is 0 Å². The van der Waals surface area contributed by atoms with E-state index in [0.29, 0.717) is 0 Å². The normalized spacial score (nSPS) is 12.6. The molecule has 0 radical (unpaired) electrons. The van der Waals surface area contributed by atoms with Crippen LogP contribution in [0.4, 0.5) is 17.1 Å². The van der Waals surface area contributed by atoms with Gasteiger partial charge in [-0.25, -0.2) is 0 Å². The number of benzene rings is 11. The van der Waals surface area contributed by atoms with Crippen LogP contribution in [0.2, 0.25) is 0 Å². The van der Waals surface area contributed by atoms with Gasteiger partial charge in [-0.1, -0.05) is 212 Å². The molecule has 0 unspecified atom stereocenters. The second-order valence-electron chi connectivity index (χ2n) is 16.4. The zero-order valence-corrected chi connectivity index (χ0v) is 34.1. The Kier molecular flexibility index (Phi) is 8.47. The molecular weight excluding hydrogens is 747 g/mol. The number of anilines is 3. The SMILES string of the molecule is c1ccc(C2(c3ccccc3)c3ccccc3-c3c(-c4ccc(N(c5cccc(-c6cc7ccccc7c7ccccc67)c5)c5cccc6ccccc56)cc4)cccc32)cc1. The fourth-order valence-corrected chi connectivity index (χ4v) is 10.5. The molecule has 0 saturated carbocycles. The smallest absolute Gasteiger partial charge is 0.0713 e. The fraction of sp³-hybridized carbons (Fsp3) is 0.0164. The fourth-order valence-electron chi connectivity index (χ4n) is 10.5. The highest BCUT2D eigenvalue weighted by Gasteiger charge is 2.46. The Hall–Kier alpha value is -8.00. The Bertz CT molecular complexity index is 3410. The van der Waals surface area contributed by atoms with Gasteiger partial charge in [-0.05, 0) is 119 Å². The van der Waals surface area contributed by atoms with Crippen LogP contribution in [0.1, 0.15) is 22.3 Å². The molecule has 0 atom stereocenters. The first-order valence-corrected chi connectivity index (χ1v) is 21.5. The average Bonchev–Trinajstić information content (AvgIpc) is 3.66. The standard InChI is InChI=1S/C61H41N/c1-3-22-46(23-4-1)61(47-24-5-2-6-25-47)57-33-14-13-31-55(57)60-52(32-17-34-58(60)61)43-36-38-48(39-37-43)62(59-35-16-20-42-18-7-10-28-51(42)59)49-26-15-21-44(40-49)56-41-45-19-8-9-27-50(45)53-29-11-12-30-54(53)56/h1-41H. The van der Waals surface area contributed by atoms with Crippen LogP contribution >= 0.6 is 0 Å². The highest BCUT2D eigenvalue weighted by atomic mass is 15.1. The first-order chi connectivity index (χ1) is 30.8. The van der Waals surface area contributed by atoms with Crippen molar-refractivity contribution in [3.8, 4) is 33.4 Å². The van der Waals surface area contributed by atoms with Crippen LogP contribution in [-0.4, -0.2) is 0 Å². The highest BCUT2D eigenvalue weighted by molar-refractivity contribution is 6.14. The van der Waals surface area contributed by atoms with Gasteiger partial charge in [0, 0.05) is 16.8 Å². The van der Waals surface area contributed by atoms with E-state index in [1.807, 2.05) is 0 Å². The summed E-state index contributed by atoms with van der Waals surface area (Å²) in [6, 6.07) is 91.5. The summed E-state index contributed by atoms with van der Waals surface area (Å²) >= 11 is 0. The molecule has 0 heterocycles. The summed E-state index contributed by atoms with van der Waals surface area (Å²) in [5, 5.41) is 7.46. The molecule has 62 heavy (non-hydrogen) atoms. The largest absolute Gasteiger partial charge is 0.310 e. The molecular formula is C61H41N. The zero-order chi connectivity index (χ0) is 41.0. The van der Waals surface area contributed by atoms with E-state index in [0.717, 1.165) is 17.1 Å². The van der Waals surface area contributed by atoms with Crippen molar-refractivity contribution in [2.75, 3.05) is 4.90 Å². The minimum Gasteiger partial charge on any atom is -0.310 e. The summed E-state index contributed by atoms with van der Waals surface area (Å²) in [7, 11) is 0. The maximum Gasteiger partial charge on any atom is 0.0713 e. The quantitative estimate of drug-likeness (QED) is 0.145. The van der Waals surface area contributed by atoms with E-state index in [2.05, 4.69) is 254 Å². The van der Waals surface area contributed by atoms with E-state index in [9.17, 15) is 0 Å². The van der Waals surface area contributed by atoms with Gasteiger partial charge in [0.1, 0.15) is 0 Å². The molecule has 290 valence electrons. The van der Waals surface area contributed by atoms with Crippen LogP contribution in [-0.2, 0) is 5.41 Å². The van der Waals surface area contributed by atoms with E-state index in [1.54, 1.807) is 0 Å². The zero-order valence-electron chi connectivity index (χ0n) is 34.1. The van der Waals surface area contributed by atoms with Crippen molar-refractivity contribution < 1.29 is 0 Å². The minimum atomic E-state index is -0.447. The summed E-state index contributed by atoms with van der Waals surface area (Å²) in [6.07, 6.45) is 0. The maximum absolute atomic E-state index is 2.43. The topological polar surface area (TPSA) is 3.24 Å². The van der Waals surface area contributed by atoms with Crippen molar-refractivity contribution in [2.24, 2.45) is 0 Å².